The van der Waals surface area contributed by atoms with E-state index in [1.165, 1.54) is 10.6 Å². The predicted molar refractivity (Wildman–Crippen MR) is 174 cm³/mol. The summed E-state index contributed by atoms with van der Waals surface area (Å²) in [6, 6.07) is 27.2. The molecule has 1 aromatic heterocycles. The van der Waals surface area contributed by atoms with E-state index in [4.69, 9.17) is 18.6 Å². The van der Waals surface area contributed by atoms with E-state index in [9.17, 15) is 18.0 Å². The Morgan fingerprint density at radius 2 is 1.57 bits per heavy atom. The van der Waals surface area contributed by atoms with E-state index < -0.39 is 16.0 Å². The molecule has 1 fully saturated rings. The van der Waals surface area contributed by atoms with E-state index in [1.807, 2.05) is 49.4 Å². The fourth-order valence-electron chi connectivity index (χ4n) is 5.28. The molecule has 0 atom stereocenters. The summed E-state index contributed by atoms with van der Waals surface area (Å²) in [4.78, 5) is 26.3. The molecule has 1 aliphatic heterocycles. The molecule has 1 saturated heterocycles. The Morgan fingerprint density at radius 1 is 0.870 bits per heavy atom. The average Bonchev–Trinajstić information content (AvgIpc) is 3.10. The number of benzene rings is 4. The van der Waals surface area contributed by atoms with Crippen molar-refractivity contribution in [3.8, 4) is 28.4 Å². The molecule has 0 amide bonds. The van der Waals surface area contributed by atoms with Gasteiger partial charge in [0.25, 0.3) is 0 Å². The summed E-state index contributed by atoms with van der Waals surface area (Å²) in [6.07, 6.45) is 2.23. The highest BCUT2D eigenvalue weighted by atomic mass is 32.2. The van der Waals surface area contributed by atoms with Gasteiger partial charge in [-0.3, -0.25) is 9.59 Å². The fourth-order valence-corrected chi connectivity index (χ4v) is 6.69. The quantitative estimate of drug-likeness (QED) is 0.128. The number of carbonyl (C=O) groups is 1. The number of hydrogen-bond donors (Lipinski definition) is 0. The second-order valence-corrected chi connectivity index (χ2v) is 12.8. The minimum Gasteiger partial charge on any atom is -0.460 e. The molecule has 0 aliphatic carbocycles. The van der Waals surface area contributed by atoms with Crippen LogP contribution in [0, 0.1) is 0 Å². The predicted octanol–water partition coefficient (Wildman–Crippen LogP) is 6.37. The van der Waals surface area contributed by atoms with Crippen molar-refractivity contribution in [2.45, 2.75) is 31.1 Å². The summed E-state index contributed by atoms with van der Waals surface area (Å²) < 4.78 is 49.7. The SMILES string of the molecule is CCc1cc2c(=O)c(Oc3ccc(-c4ccccc4)cc3)coc2cc1OC(=O)CCc1ccc(S(=O)(=O)N2CCOCC2)cc1. The molecule has 0 radical (unpaired) electrons. The van der Waals surface area contributed by atoms with Crippen LogP contribution in [0.25, 0.3) is 22.1 Å². The largest absolute Gasteiger partial charge is 0.460 e. The summed E-state index contributed by atoms with van der Waals surface area (Å²) in [5.41, 5.74) is 3.53. The van der Waals surface area contributed by atoms with Crippen LogP contribution in [-0.2, 0) is 32.4 Å². The Hall–Kier alpha value is -4.77. The third-order valence-electron chi connectivity index (χ3n) is 7.87. The highest BCUT2D eigenvalue weighted by Gasteiger charge is 2.26. The summed E-state index contributed by atoms with van der Waals surface area (Å²) in [5.74, 6) is 0.414. The Bertz CT molecular complexity index is 2000. The maximum absolute atomic E-state index is 13.3. The van der Waals surface area contributed by atoms with Gasteiger partial charge in [-0.15, -0.1) is 0 Å². The molecular formula is C36H33NO8S. The number of hydrogen-bond acceptors (Lipinski definition) is 8. The molecule has 0 spiro atoms. The van der Waals surface area contributed by atoms with Crippen LogP contribution in [0.3, 0.4) is 0 Å². The molecule has 9 nitrogen and oxygen atoms in total. The molecule has 4 aromatic carbocycles. The lowest BCUT2D eigenvalue weighted by atomic mass is 10.1. The standard InChI is InChI=1S/C36H33NO8S/c1-2-26-22-31-33(43-24-34(36(31)39)44-29-13-11-28(12-14-29)27-6-4-3-5-7-27)23-32(26)45-35(38)17-10-25-8-15-30(16-9-25)46(40,41)37-18-20-42-21-19-37/h3-9,11-16,22-24H,2,10,17-21H2,1H3. The van der Waals surface area contributed by atoms with Crippen molar-refractivity contribution in [3.63, 3.8) is 0 Å². The Labute approximate surface area is 267 Å². The molecule has 46 heavy (non-hydrogen) atoms. The van der Waals surface area contributed by atoms with Crippen LogP contribution in [0.5, 0.6) is 17.2 Å². The zero-order valence-electron chi connectivity index (χ0n) is 25.3. The normalized spacial score (nSPS) is 13.8. The highest BCUT2D eigenvalue weighted by molar-refractivity contribution is 7.89. The van der Waals surface area contributed by atoms with Gasteiger partial charge >= 0.3 is 5.97 Å². The topological polar surface area (TPSA) is 112 Å². The molecule has 10 heteroatoms. The number of rotatable bonds is 10. The zero-order chi connectivity index (χ0) is 32.1. The molecule has 0 bridgehead atoms. The van der Waals surface area contributed by atoms with Crippen molar-refractivity contribution in [2.75, 3.05) is 26.3 Å². The van der Waals surface area contributed by atoms with Crippen molar-refractivity contribution in [1.29, 1.82) is 0 Å². The van der Waals surface area contributed by atoms with Gasteiger partial charge in [0.15, 0.2) is 0 Å². The number of fused-ring (bicyclic) bond motifs is 1. The van der Waals surface area contributed by atoms with Gasteiger partial charge in [-0.05, 0) is 65.4 Å². The molecule has 5 aromatic rings. The van der Waals surface area contributed by atoms with Gasteiger partial charge in [-0.2, -0.15) is 4.31 Å². The van der Waals surface area contributed by atoms with Gasteiger partial charge in [0.2, 0.25) is 21.2 Å². The molecule has 1 aliphatic rings. The van der Waals surface area contributed by atoms with Crippen molar-refractivity contribution < 1.29 is 31.8 Å². The van der Waals surface area contributed by atoms with Crippen molar-refractivity contribution in [2.24, 2.45) is 0 Å². The summed E-state index contributed by atoms with van der Waals surface area (Å²) in [5, 5.41) is 0.321. The number of ether oxygens (including phenoxy) is 3. The Kier molecular flexibility index (Phi) is 9.30. The maximum Gasteiger partial charge on any atom is 0.311 e. The van der Waals surface area contributed by atoms with E-state index in [-0.39, 0.29) is 28.1 Å². The molecule has 0 N–H and O–H groups in total. The van der Waals surface area contributed by atoms with Crippen LogP contribution in [0.4, 0.5) is 0 Å². The van der Waals surface area contributed by atoms with Crippen LogP contribution in [0.1, 0.15) is 24.5 Å². The highest BCUT2D eigenvalue weighted by Crippen LogP contribution is 2.29. The summed E-state index contributed by atoms with van der Waals surface area (Å²) in [6.45, 7) is 3.31. The van der Waals surface area contributed by atoms with E-state index in [1.54, 1.807) is 48.5 Å². The van der Waals surface area contributed by atoms with Crippen LogP contribution in [0.15, 0.2) is 111 Å². The van der Waals surface area contributed by atoms with E-state index >= 15 is 0 Å². The number of sulfonamides is 1. The van der Waals surface area contributed by atoms with Crippen molar-refractivity contribution >= 4 is 27.0 Å². The number of esters is 1. The van der Waals surface area contributed by atoms with E-state index in [2.05, 4.69) is 0 Å². The van der Waals surface area contributed by atoms with Crippen LogP contribution < -0.4 is 14.9 Å². The first-order chi connectivity index (χ1) is 22.3. The van der Waals surface area contributed by atoms with Gasteiger partial charge in [0.1, 0.15) is 23.3 Å². The van der Waals surface area contributed by atoms with Crippen LogP contribution in [0.2, 0.25) is 0 Å². The lowest BCUT2D eigenvalue weighted by molar-refractivity contribution is -0.134. The van der Waals surface area contributed by atoms with Gasteiger partial charge < -0.3 is 18.6 Å². The fraction of sp³-hybridized carbons (Fsp3) is 0.222. The number of morpholine rings is 1. The molecule has 6 rings (SSSR count). The average molecular weight is 640 g/mol. The molecule has 0 saturated carbocycles. The first-order valence-corrected chi connectivity index (χ1v) is 16.5. The Morgan fingerprint density at radius 3 is 2.26 bits per heavy atom. The lowest BCUT2D eigenvalue weighted by Gasteiger charge is -2.26. The third kappa shape index (κ3) is 6.89. The number of aryl methyl sites for hydroxylation is 2. The number of nitrogens with zero attached hydrogens (tertiary/aromatic N) is 1. The van der Waals surface area contributed by atoms with Crippen LogP contribution >= 0.6 is 0 Å². The third-order valence-corrected chi connectivity index (χ3v) is 9.78. The second-order valence-electron chi connectivity index (χ2n) is 10.9. The van der Waals surface area contributed by atoms with Crippen molar-refractivity contribution in [3.05, 3.63) is 119 Å². The minimum atomic E-state index is -3.59. The first kappa shape index (κ1) is 31.2. The van der Waals surface area contributed by atoms with Crippen molar-refractivity contribution in [1.82, 2.24) is 4.31 Å². The smallest absolute Gasteiger partial charge is 0.311 e. The zero-order valence-corrected chi connectivity index (χ0v) is 26.1. The minimum absolute atomic E-state index is 0.0514. The van der Waals surface area contributed by atoms with Crippen LogP contribution in [-0.4, -0.2) is 45.0 Å². The van der Waals surface area contributed by atoms with Gasteiger partial charge in [0, 0.05) is 25.6 Å². The maximum atomic E-state index is 13.3. The van der Waals surface area contributed by atoms with Gasteiger partial charge in [-0.25, -0.2) is 8.42 Å². The van der Waals surface area contributed by atoms with E-state index in [0.29, 0.717) is 61.6 Å². The number of carbonyl (C=O) groups excluding carboxylic acids is 1. The summed E-state index contributed by atoms with van der Waals surface area (Å²) in [7, 11) is -3.59. The monoisotopic (exact) mass is 639 g/mol. The lowest BCUT2D eigenvalue weighted by Crippen LogP contribution is -2.40. The van der Waals surface area contributed by atoms with E-state index in [0.717, 1.165) is 16.7 Å². The Balaban J connectivity index is 1.11. The van der Waals surface area contributed by atoms with Gasteiger partial charge in [0.05, 0.1) is 23.5 Å². The molecular weight excluding hydrogens is 606 g/mol. The molecule has 0 unspecified atom stereocenters. The molecule has 236 valence electrons. The second kappa shape index (κ2) is 13.7. The first-order valence-electron chi connectivity index (χ1n) is 15.1. The molecule has 2 heterocycles. The van der Waals surface area contributed by atoms with Gasteiger partial charge in [-0.1, -0.05) is 61.5 Å². The summed E-state index contributed by atoms with van der Waals surface area (Å²) >= 11 is 0.